The number of benzene rings is 1. The quantitative estimate of drug-likeness (QED) is 0.560. The number of amides is 1. The van der Waals surface area contributed by atoms with E-state index in [1.807, 2.05) is 18.7 Å². The first-order valence-electron chi connectivity index (χ1n) is 9.73. The zero-order chi connectivity index (χ0) is 21.0. The number of H-pyrrole nitrogens is 1. The normalized spacial score (nSPS) is 16.4. The first-order valence-corrected chi connectivity index (χ1v) is 10.5. The number of hydrogen-bond acceptors (Lipinski definition) is 3. The summed E-state index contributed by atoms with van der Waals surface area (Å²) in [5.41, 5.74) is 1.86. The SMILES string of the molecule is CC.O=C(Cc1cc(Cl)cc(Cl)c1)N1CCCC(c2nc3nc(F)ccc3[nH]2)C1. The lowest BCUT2D eigenvalue weighted by atomic mass is 9.96. The molecule has 0 bridgehead atoms. The highest BCUT2D eigenvalue weighted by molar-refractivity contribution is 6.34. The molecule has 1 saturated heterocycles. The molecule has 154 valence electrons. The van der Waals surface area contributed by atoms with Crippen LogP contribution in [0.25, 0.3) is 11.2 Å². The lowest BCUT2D eigenvalue weighted by Gasteiger charge is -2.32. The van der Waals surface area contributed by atoms with Crippen molar-refractivity contribution in [3.8, 4) is 0 Å². The third-order valence-corrected chi connectivity index (χ3v) is 5.21. The van der Waals surface area contributed by atoms with Gasteiger partial charge in [-0.25, -0.2) is 4.98 Å². The van der Waals surface area contributed by atoms with Gasteiger partial charge in [-0.1, -0.05) is 37.0 Å². The molecule has 1 aromatic carbocycles. The van der Waals surface area contributed by atoms with Gasteiger partial charge in [-0.15, -0.1) is 0 Å². The minimum absolute atomic E-state index is 0.0262. The number of fused-ring (bicyclic) bond motifs is 1. The van der Waals surface area contributed by atoms with Gasteiger partial charge in [-0.05, 0) is 48.7 Å². The van der Waals surface area contributed by atoms with E-state index in [1.54, 1.807) is 24.3 Å². The molecule has 0 saturated carbocycles. The van der Waals surface area contributed by atoms with Crippen molar-refractivity contribution in [1.29, 1.82) is 0 Å². The summed E-state index contributed by atoms with van der Waals surface area (Å²) in [6.45, 7) is 5.27. The maximum absolute atomic E-state index is 13.3. The van der Waals surface area contributed by atoms with Gasteiger partial charge in [0, 0.05) is 29.1 Å². The van der Waals surface area contributed by atoms with Crippen molar-refractivity contribution in [2.75, 3.05) is 13.1 Å². The van der Waals surface area contributed by atoms with Crippen molar-refractivity contribution in [3.05, 3.63) is 57.7 Å². The highest BCUT2D eigenvalue weighted by atomic mass is 35.5. The molecule has 0 spiro atoms. The number of hydrogen-bond donors (Lipinski definition) is 1. The smallest absolute Gasteiger partial charge is 0.227 e. The van der Waals surface area contributed by atoms with E-state index in [9.17, 15) is 9.18 Å². The van der Waals surface area contributed by atoms with Crippen LogP contribution in [0.3, 0.4) is 0 Å². The Hall–Kier alpha value is -2.18. The van der Waals surface area contributed by atoms with Crippen molar-refractivity contribution in [2.45, 2.75) is 39.0 Å². The second kappa shape index (κ2) is 9.55. The molecule has 1 fully saturated rings. The molecule has 1 aliphatic heterocycles. The fourth-order valence-electron chi connectivity index (χ4n) is 3.51. The monoisotopic (exact) mass is 436 g/mol. The molecular weight excluding hydrogens is 414 g/mol. The lowest BCUT2D eigenvalue weighted by Crippen LogP contribution is -2.40. The van der Waals surface area contributed by atoms with Crippen LogP contribution < -0.4 is 0 Å². The Bertz CT molecular complexity index is 987. The summed E-state index contributed by atoms with van der Waals surface area (Å²) in [4.78, 5) is 26.0. The first-order chi connectivity index (χ1) is 14.0. The van der Waals surface area contributed by atoms with E-state index >= 15 is 0 Å². The van der Waals surface area contributed by atoms with Crippen LogP contribution in [0.2, 0.25) is 10.0 Å². The molecule has 1 unspecified atom stereocenters. The van der Waals surface area contributed by atoms with E-state index in [1.165, 1.54) is 6.07 Å². The number of carbonyl (C=O) groups is 1. The predicted octanol–water partition coefficient (Wildman–Crippen LogP) is 5.38. The average molecular weight is 437 g/mol. The number of imidazole rings is 1. The summed E-state index contributed by atoms with van der Waals surface area (Å²) < 4.78 is 13.3. The molecule has 1 atom stereocenters. The summed E-state index contributed by atoms with van der Waals surface area (Å²) in [7, 11) is 0. The minimum atomic E-state index is -0.554. The molecule has 8 heteroatoms. The van der Waals surface area contributed by atoms with Crippen LogP contribution in [0, 0.1) is 5.95 Å². The summed E-state index contributed by atoms with van der Waals surface area (Å²) in [5.74, 6) is 0.286. The molecular formula is C21H23Cl2FN4O. The van der Waals surface area contributed by atoms with Crippen molar-refractivity contribution >= 4 is 40.3 Å². The fraction of sp³-hybridized carbons (Fsp3) is 0.381. The highest BCUT2D eigenvalue weighted by Gasteiger charge is 2.27. The fourth-order valence-corrected chi connectivity index (χ4v) is 4.08. The number of carbonyl (C=O) groups excluding carboxylic acids is 1. The number of rotatable bonds is 3. The summed E-state index contributed by atoms with van der Waals surface area (Å²) >= 11 is 12.0. The molecule has 1 aliphatic rings. The third-order valence-electron chi connectivity index (χ3n) is 4.77. The Morgan fingerprint density at radius 3 is 2.66 bits per heavy atom. The summed E-state index contributed by atoms with van der Waals surface area (Å²) in [5, 5.41) is 1.03. The zero-order valence-corrected chi connectivity index (χ0v) is 17.9. The van der Waals surface area contributed by atoms with E-state index < -0.39 is 5.95 Å². The van der Waals surface area contributed by atoms with E-state index in [0.717, 1.165) is 24.2 Å². The molecule has 0 aliphatic carbocycles. The molecule has 1 amide bonds. The van der Waals surface area contributed by atoms with Gasteiger partial charge in [0.1, 0.15) is 5.82 Å². The van der Waals surface area contributed by atoms with Gasteiger partial charge in [0.15, 0.2) is 5.65 Å². The van der Waals surface area contributed by atoms with Crippen LogP contribution in [-0.4, -0.2) is 38.8 Å². The Balaban J connectivity index is 0.00000117. The summed E-state index contributed by atoms with van der Waals surface area (Å²) in [6.07, 6.45) is 2.04. The van der Waals surface area contributed by atoms with Gasteiger partial charge < -0.3 is 9.88 Å². The van der Waals surface area contributed by atoms with Crippen LogP contribution in [0.1, 0.15) is 44.0 Å². The van der Waals surface area contributed by atoms with Crippen molar-refractivity contribution in [1.82, 2.24) is 19.9 Å². The van der Waals surface area contributed by atoms with E-state index in [-0.39, 0.29) is 18.2 Å². The Kier molecular flexibility index (Phi) is 7.09. The Labute approximate surface area is 179 Å². The first kappa shape index (κ1) is 21.5. The summed E-state index contributed by atoms with van der Waals surface area (Å²) in [6, 6.07) is 8.09. The second-order valence-electron chi connectivity index (χ2n) is 6.76. The highest BCUT2D eigenvalue weighted by Crippen LogP contribution is 2.27. The molecule has 1 N–H and O–H groups in total. The number of nitrogens with zero attached hydrogens (tertiary/aromatic N) is 3. The minimum Gasteiger partial charge on any atom is -0.342 e. The third kappa shape index (κ3) is 5.25. The Morgan fingerprint density at radius 1 is 1.21 bits per heavy atom. The Morgan fingerprint density at radius 2 is 1.93 bits per heavy atom. The van der Waals surface area contributed by atoms with E-state index in [4.69, 9.17) is 23.2 Å². The van der Waals surface area contributed by atoms with Gasteiger partial charge in [-0.3, -0.25) is 4.79 Å². The largest absolute Gasteiger partial charge is 0.342 e. The molecule has 4 rings (SSSR count). The van der Waals surface area contributed by atoms with Gasteiger partial charge in [0.05, 0.1) is 11.9 Å². The number of likely N-dealkylation sites (tertiary alicyclic amines) is 1. The number of pyridine rings is 1. The van der Waals surface area contributed by atoms with Crippen LogP contribution in [-0.2, 0) is 11.2 Å². The standard InChI is InChI=1S/C19H17Cl2FN4O.C2H6/c20-13-6-11(7-14(21)9-13)8-17(27)26-5-1-2-12(10-26)18-23-15-3-4-16(22)24-19(15)25-18;1-2/h3-4,6-7,9,12H,1-2,5,8,10H2,(H,23,24,25);1-2H3. The van der Waals surface area contributed by atoms with Crippen molar-refractivity contribution < 1.29 is 9.18 Å². The zero-order valence-electron chi connectivity index (χ0n) is 16.4. The molecule has 0 radical (unpaired) electrons. The van der Waals surface area contributed by atoms with E-state index in [0.29, 0.717) is 34.3 Å². The lowest BCUT2D eigenvalue weighted by molar-refractivity contribution is -0.131. The van der Waals surface area contributed by atoms with Gasteiger partial charge in [-0.2, -0.15) is 9.37 Å². The number of piperidine rings is 1. The topological polar surface area (TPSA) is 61.9 Å². The van der Waals surface area contributed by atoms with Crippen LogP contribution >= 0.6 is 23.2 Å². The second-order valence-corrected chi connectivity index (χ2v) is 7.63. The predicted molar refractivity (Wildman–Crippen MR) is 114 cm³/mol. The maximum Gasteiger partial charge on any atom is 0.227 e. The van der Waals surface area contributed by atoms with Crippen LogP contribution in [0.15, 0.2) is 30.3 Å². The van der Waals surface area contributed by atoms with Crippen molar-refractivity contribution in [2.24, 2.45) is 0 Å². The van der Waals surface area contributed by atoms with Crippen LogP contribution in [0.4, 0.5) is 4.39 Å². The van der Waals surface area contributed by atoms with Crippen LogP contribution in [0.5, 0.6) is 0 Å². The number of aromatic amines is 1. The van der Waals surface area contributed by atoms with Crippen molar-refractivity contribution in [3.63, 3.8) is 0 Å². The number of aromatic nitrogens is 3. The van der Waals surface area contributed by atoms with Gasteiger partial charge >= 0.3 is 0 Å². The molecule has 29 heavy (non-hydrogen) atoms. The number of nitrogens with one attached hydrogen (secondary N) is 1. The molecule has 5 nitrogen and oxygen atoms in total. The average Bonchev–Trinajstić information content (AvgIpc) is 3.12. The number of halogens is 3. The molecule has 3 aromatic rings. The van der Waals surface area contributed by atoms with E-state index in [2.05, 4.69) is 15.0 Å². The molecule has 3 heterocycles. The van der Waals surface area contributed by atoms with Gasteiger partial charge in [0.2, 0.25) is 11.9 Å². The maximum atomic E-state index is 13.3. The van der Waals surface area contributed by atoms with Gasteiger partial charge in [0.25, 0.3) is 0 Å². The molecule has 2 aromatic heterocycles.